The van der Waals surface area contributed by atoms with E-state index >= 15 is 0 Å². The van der Waals surface area contributed by atoms with E-state index in [9.17, 15) is 4.79 Å². The van der Waals surface area contributed by atoms with Crippen molar-refractivity contribution in [3.05, 3.63) is 46.2 Å². The Bertz CT molecular complexity index is 595. The number of anilines is 1. The molecule has 84 valence electrons. The molecule has 17 heavy (non-hydrogen) atoms. The van der Waals surface area contributed by atoms with Gasteiger partial charge in [0.05, 0.1) is 4.88 Å². The highest BCUT2D eigenvalue weighted by molar-refractivity contribution is 7.80. The average molecular weight is 259 g/mol. The van der Waals surface area contributed by atoms with Crippen molar-refractivity contribution >= 4 is 35.6 Å². The maximum atomic E-state index is 11.8. The molecule has 0 spiro atoms. The van der Waals surface area contributed by atoms with Crippen LogP contribution in [-0.2, 0) is 0 Å². The van der Waals surface area contributed by atoms with Crippen molar-refractivity contribution in [2.24, 2.45) is 0 Å². The van der Waals surface area contributed by atoms with Crippen LogP contribution >= 0.6 is 24.0 Å². The normalized spacial score (nSPS) is 9.65. The maximum Gasteiger partial charge on any atom is 0.265 e. The molecule has 1 N–H and O–H groups in total. The molecule has 0 aliphatic heterocycles. The van der Waals surface area contributed by atoms with Gasteiger partial charge in [0.2, 0.25) is 0 Å². The highest BCUT2D eigenvalue weighted by atomic mass is 32.1. The lowest BCUT2D eigenvalue weighted by Crippen LogP contribution is -2.09. The number of carbonyl (C=O) groups is 1. The lowest BCUT2D eigenvalue weighted by Gasteiger charge is -2.03. The first-order valence-electron chi connectivity index (χ1n) is 4.84. The first-order chi connectivity index (χ1) is 8.19. The fourth-order valence-corrected chi connectivity index (χ4v) is 2.37. The molecular weight excluding hydrogens is 250 g/mol. The van der Waals surface area contributed by atoms with Crippen LogP contribution in [0.1, 0.15) is 15.2 Å². The van der Waals surface area contributed by atoms with E-state index in [0.29, 0.717) is 10.6 Å². The molecule has 0 atom stereocenters. The standard InChI is InChI=1S/C13H9NOS2/c1-2-9-4-3-5-10(6-9)14-13(15)12-7-11(16)8-17-12/h1,3-8,16H,(H,14,15). The second-order valence-electron chi connectivity index (χ2n) is 3.35. The Morgan fingerprint density at radius 3 is 2.88 bits per heavy atom. The number of thiophene rings is 1. The zero-order valence-electron chi connectivity index (χ0n) is 8.81. The molecule has 0 aliphatic carbocycles. The summed E-state index contributed by atoms with van der Waals surface area (Å²) in [7, 11) is 0. The smallest absolute Gasteiger partial charge is 0.265 e. The predicted molar refractivity (Wildman–Crippen MR) is 73.9 cm³/mol. The van der Waals surface area contributed by atoms with Crippen LogP contribution in [0.3, 0.4) is 0 Å². The monoisotopic (exact) mass is 259 g/mol. The van der Waals surface area contributed by atoms with E-state index in [0.717, 1.165) is 10.5 Å². The van der Waals surface area contributed by atoms with Gasteiger partial charge in [-0.3, -0.25) is 4.79 Å². The number of terminal acetylenes is 1. The van der Waals surface area contributed by atoms with Crippen LogP contribution < -0.4 is 5.32 Å². The molecule has 2 nitrogen and oxygen atoms in total. The van der Waals surface area contributed by atoms with Crippen LogP contribution in [0.15, 0.2) is 40.6 Å². The van der Waals surface area contributed by atoms with Gasteiger partial charge in [-0.2, -0.15) is 0 Å². The van der Waals surface area contributed by atoms with Crippen molar-refractivity contribution in [1.82, 2.24) is 0 Å². The molecular formula is C13H9NOS2. The number of hydrogen-bond donors (Lipinski definition) is 2. The summed E-state index contributed by atoms with van der Waals surface area (Å²) in [6.07, 6.45) is 5.29. The van der Waals surface area contributed by atoms with Crippen molar-refractivity contribution in [1.29, 1.82) is 0 Å². The Morgan fingerprint density at radius 2 is 2.24 bits per heavy atom. The summed E-state index contributed by atoms with van der Waals surface area (Å²) in [6.45, 7) is 0. The Kier molecular flexibility index (Phi) is 3.52. The predicted octanol–water partition coefficient (Wildman–Crippen LogP) is 3.27. The summed E-state index contributed by atoms with van der Waals surface area (Å²) in [6, 6.07) is 8.91. The second-order valence-corrected chi connectivity index (χ2v) is 4.78. The molecule has 4 heteroatoms. The van der Waals surface area contributed by atoms with E-state index in [2.05, 4.69) is 23.9 Å². The fraction of sp³-hybridized carbons (Fsp3) is 0. The minimum Gasteiger partial charge on any atom is -0.321 e. The molecule has 1 aromatic heterocycles. The van der Waals surface area contributed by atoms with Crippen LogP contribution in [-0.4, -0.2) is 5.91 Å². The first kappa shape index (κ1) is 11.8. The number of amides is 1. The van der Waals surface area contributed by atoms with E-state index in [4.69, 9.17) is 6.42 Å². The van der Waals surface area contributed by atoms with Crippen LogP contribution in [0.5, 0.6) is 0 Å². The summed E-state index contributed by atoms with van der Waals surface area (Å²) >= 11 is 5.52. The van der Waals surface area contributed by atoms with Crippen molar-refractivity contribution in [2.75, 3.05) is 5.32 Å². The van der Waals surface area contributed by atoms with Gasteiger partial charge in [-0.25, -0.2) is 0 Å². The molecule has 0 unspecified atom stereocenters. The summed E-state index contributed by atoms with van der Waals surface area (Å²) in [5, 5.41) is 4.60. The summed E-state index contributed by atoms with van der Waals surface area (Å²) in [4.78, 5) is 13.3. The highest BCUT2D eigenvalue weighted by Crippen LogP contribution is 2.19. The summed E-state index contributed by atoms with van der Waals surface area (Å²) < 4.78 is 0. The van der Waals surface area contributed by atoms with E-state index in [1.54, 1.807) is 18.2 Å². The molecule has 0 radical (unpaired) electrons. The average Bonchev–Trinajstić information content (AvgIpc) is 2.76. The third-order valence-electron chi connectivity index (χ3n) is 2.10. The zero-order chi connectivity index (χ0) is 12.3. The number of benzene rings is 1. The molecule has 0 saturated heterocycles. The summed E-state index contributed by atoms with van der Waals surface area (Å²) in [5.74, 6) is 2.37. The highest BCUT2D eigenvalue weighted by Gasteiger charge is 2.08. The van der Waals surface area contributed by atoms with E-state index in [1.807, 2.05) is 17.5 Å². The van der Waals surface area contributed by atoms with Crippen molar-refractivity contribution < 1.29 is 4.79 Å². The quantitative estimate of drug-likeness (QED) is 0.629. The Hall–Kier alpha value is -1.70. The van der Waals surface area contributed by atoms with Gasteiger partial charge in [-0.05, 0) is 24.3 Å². The van der Waals surface area contributed by atoms with Crippen molar-refractivity contribution in [2.45, 2.75) is 4.90 Å². The van der Waals surface area contributed by atoms with E-state index in [-0.39, 0.29) is 5.91 Å². The van der Waals surface area contributed by atoms with Gasteiger partial charge in [0, 0.05) is 21.5 Å². The van der Waals surface area contributed by atoms with Gasteiger partial charge in [0.1, 0.15) is 0 Å². The number of rotatable bonds is 2. The Morgan fingerprint density at radius 1 is 1.41 bits per heavy atom. The number of hydrogen-bond acceptors (Lipinski definition) is 3. The third-order valence-corrected chi connectivity index (χ3v) is 3.46. The van der Waals surface area contributed by atoms with Crippen LogP contribution in [0.25, 0.3) is 0 Å². The number of carbonyl (C=O) groups excluding carboxylic acids is 1. The van der Waals surface area contributed by atoms with Crippen LogP contribution in [0.4, 0.5) is 5.69 Å². The van der Waals surface area contributed by atoms with Gasteiger partial charge in [-0.1, -0.05) is 12.0 Å². The van der Waals surface area contributed by atoms with Crippen LogP contribution in [0, 0.1) is 12.3 Å². The fourth-order valence-electron chi connectivity index (χ4n) is 1.32. The maximum absolute atomic E-state index is 11.8. The molecule has 2 aromatic rings. The molecule has 0 fully saturated rings. The number of nitrogens with one attached hydrogen (secondary N) is 1. The molecule has 1 heterocycles. The molecule has 1 aromatic carbocycles. The zero-order valence-corrected chi connectivity index (χ0v) is 10.5. The largest absolute Gasteiger partial charge is 0.321 e. The Labute approximate surface area is 109 Å². The molecule has 2 rings (SSSR count). The van der Waals surface area contributed by atoms with Crippen LogP contribution in [0.2, 0.25) is 0 Å². The third kappa shape index (κ3) is 2.90. The van der Waals surface area contributed by atoms with Crippen molar-refractivity contribution in [3.63, 3.8) is 0 Å². The minimum atomic E-state index is -0.149. The first-order valence-corrected chi connectivity index (χ1v) is 6.17. The molecule has 0 bridgehead atoms. The topological polar surface area (TPSA) is 29.1 Å². The SMILES string of the molecule is C#Cc1cccc(NC(=O)c2cc(S)cs2)c1. The lowest BCUT2D eigenvalue weighted by molar-refractivity contribution is 0.103. The van der Waals surface area contributed by atoms with Gasteiger partial charge in [-0.15, -0.1) is 30.4 Å². The lowest BCUT2D eigenvalue weighted by atomic mass is 10.2. The molecule has 0 saturated carbocycles. The summed E-state index contributed by atoms with van der Waals surface area (Å²) in [5.41, 5.74) is 1.43. The second kappa shape index (κ2) is 5.09. The minimum absolute atomic E-state index is 0.149. The Balaban J connectivity index is 2.16. The van der Waals surface area contributed by atoms with E-state index < -0.39 is 0 Å². The van der Waals surface area contributed by atoms with Gasteiger partial charge in [0.25, 0.3) is 5.91 Å². The molecule has 1 amide bonds. The van der Waals surface area contributed by atoms with E-state index in [1.165, 1.54) is 11.3 Å². The van der Waals surface area contributed by atoms with Gasteiger partial charge < -0.3 is 5.32 Å². The van der Waals surface area contributed by atoms with Gasteiger partial charge >= 0.3 is 0 Å². The van der Waals surface area contributed by atoms with Gasteiger partial charge in [0.15, 0.2) is 0 Å². The molecule has 0 aliphatic rings. The van der Waals surface area contributed by atoms with Crippen molar-refractivity contribution in [3.8, 4) is 12.3 Å². The number of thiol groups is 1.